The highest BCUT2D eigenvalue weighted by atomic mass is 32.2. The Balaban J connectivity index is 1.90. The largest absolute Gasteiger partial charge is 0.506 e. The Bertz CT molecular complexity index is 645. The topological polar surface area (TPSA) is 49.3 Å². The fourth-order valence-corrected chi connectivity index (χ4v) is 2.66. The molecule has 0 radical (unpaired) electrons. The van der Waals surface area contributed by atoms with Crippen molar-refractivity contribution in [2.24, 2.45) is 0 Å². The van der Waals surface area contributed by atoms with E-state index in [1.807, 2.05) is 12.1 Å². The quantitative estimate of drug-likeness (QED) is 0.648. The lowest BCUT2D eigenvalue weighted by molar-refractivity contribution is -0.113. The molecular formula is C18H21NO2S. The molecule has 116 valence electrons. The molecule has 0 fully saturated rings. The molecule has 0 bridgehead atoms. The Labute approximate surface area is 135 Å². The van der Waals surface area contributed by atoms with Gasteiger partial charge in [-0.1, -0.05) is 45.0 Å². The molecule has 2 N–H and O–H groups in total. The van der Waals surface area contributed by atoms with Crippen LogP contribution in [0.15, 0.2) is 53.4 Å². The van der Waals surface area contributed by atoms with E-state index in [1.54, 1.807) is 24.3 Å². The van der Waals surface area contributed by atoms with Crippen LogP contribution in [0.25, 0.3) is 0 Å². The molecule has 0 aliphatic carbocycles. The highest BCUT2D eigenvalue weighted by Gasteiger charge is 2.13. The summed E-state index contributed by atoms with van der Waals surface area (Å²) in [6.07, 6.45) is 0. The van der Waals surface area contributed by atoms with E-state index in [0.29, 0.717) is 11.4 Å². The van der Waals surface area contributed by atoms with Crippen LogP contribution in [0, 0.1) is 0 Å². The van der Waals surface area contributed by atoms with Crippen LogP contribution in [0.1, 0.15) is 26.3 Å². The van der Waals surface area contributed by atoms with Crippen LogP contribution in [0.5, 0.6) is 5.75 Å². The third kappa shape index (κ3) is 4.53. The van der Waals surface area contributed by atoms with Gasteiger partial charge in [-0.15, -0.1) is 11.8 Å². The minimum absolute atomic E-state index is 0.0791. The lowest BCUT2D eigenvalue weighted by Gasteiger charge is -2.19. The monoisotopic (exact) mass is 315 g/mol. The normalized spacial score (nSPS) is 11.2. The number of hydrogen-bond acceptors (Lipinski definition) is 3. The lowest BCUT2D eigenvalue weighted by Crippen LogP contribution is -2.14. The van der Waals surface area contributed by atoms with Crippen LogP contribution < -0.4 is 5.32 Å². The average molecular weight is 315 g/mol. The molecule has 2 rings (SSSR count). The zero-order chi connectivity index (χ0) is 16.2. The predicted octanol–water partition coefficient (Wildman–Crippen LogP) is 4.42. The zero-order valence-electron chi connectivity index (χ0n) is 13.1. The predicted molar refractivity (Wildman–Crippen MR) is 92.6 cm³/mol. The molecule has 0 aliphatic heterocycles. The molecule has 4 heteroatoms. The molecule has 22 heavy (non-hydrogen) atoms. The molecule has 0 aromatic heterocycles. The van der Waals surface area contributed by atoms with Crippen molar-refractivity contribution in [3.63, 3.8) is 0 Å². The first-order valence-electron chi connectivity index (χ1n) is 7.17. The van der Waals surface area contributed by atoms with E-state index in [-0.39, 0.29) is 17.1 Å². The van der Waals surface area contributed by atoms with Gasteiger partial charge >= 0.3 is 0 Å². The fraction of sp³-hybridized carbons (Fsp3) is 0.278. The smallest absolute Gasteiger partial charge is 0.234 e. The Morgan fingerprint density at radius 3 is 2.32 bits per heavy atom. The number of para-hydroxylation sites is 2. The molecule has 0 unspecified atom stereocenters. The number of thioether (sulfide) groups is 1. The van der Waals surface area contributed by atoms with Crippen LogP contribution in [-0.4, -0.2) is 16.8 Å². The second-order valence-electron chi connectivity index (χ2n) is 6.13. The number of benzene rings is 2. The highest BCUT2D eigenvalue weighted by molar-refractivity contribution is 8.00. The number of hydrogen-bond donors (Lipinski definition) is 2. The van der Waals surface area contributed by atoms with Crippen molar-refractivity contribution in [3.05, 3.63) is 54.1 Å². The maximum atomic E-state index is 11.9. The maximum absolute atomic E-state index is 11.9. The number of aromatic hydroxyl groups is 1. The van der Waals surface area contributed by atoms with E-state index in [4.69, 9.17) is 0 Å². The van der Waals surface area contributed by atoms with Crippen molar-refractivity contribution in [1.82, 2.24) is 0 Å². The van der Waals surface area contributed by atoms with Gasteiger partial charge in [-0.3, -0.25) is 4.79 Å². The summed E-state index contributed by atoms with van der Waals surface area (Å²) in [5.74, 6) is 0.255. The van der Waals surface area contributed by atoms with Crippen molar-refractivity contribution >= 4 is 23.4 Å². The van der Waals surface area contributed by atoms with Crippen molar-refractivity contribution in [2.75, 3.05) is 11.1 Å². The van der Waals surface area contributed by atoms with Crippen molar-refractivity contribution < 1.29 is 9.90 Å². The summed E-state index contributed by atoms with van der Waals surface area (Å²) in [5, 5.41) is 12.3. The van der Waals surface area contributed by atoms with E-state index in [1.165, 1.54) is 17.3 Å². The molecule has 1 amide bonds. The molecule has 0 heterocycles. The number of carbonyl (C=O) groups is 1. The Kier molecular flexibility index (Phi) is 5.14. The van der Waals surface area contributed by atoms with Gasteiger partial charge in [-0.2, -0.15) is 0 Å². The van der Waals surface area contributed by atoms with E-state index >= 15 is 0 Å². The van der Waals surface area contributed by atoms with E-state index in [9.17, 15) is 9.90 Å². The van der Waals surface area contributed by atoms with Gasteiger partial charge in [-0.05, 0) is 35.2 Å². The lowest BCUT2D eigenvalue weighted by atomic mass is 9.87. The average Bonchev–Trinajstić information content (AvgIpc) is 2.47. The molecule has 2 aromatic carbocycles. The van der Waals surface area contributed by atoms with Crippen LogP contribution in [0.4, 0.5) is 5.69 Å². The zero-order valence-corrected chi connectivity index (χ0v) is 13.9. The standard InChI is InChI=1S/C18H21NO2S/c1-18(2,3)13-8-10-14(11-9-13)22-12-17(21)19-15-6-4-5-7-16(15)20/h4-11,20H,12H2,1-3H3,(H,19,21). The molecule has 3 nitrogen and oxygen atoms in total. The van der Waals surface area contributed by atoms with Crippen LogP contribution in [-0.2, 0) is 10.2 Å². The maximum Gasteiger partial charge on any atom is 0.234 e. The summed E-state index contributed by atoms with van der Waals surface area (Å²) in [5.41, 5.74) is 1.84. The van der Waals surface area contributed by atoms with Gasteiger partial charge in [0.25, 0.3) is 0 Å². The number of phenols is 1. The minimum Gasteiger partial charge on any atom is -0.506 e. The number of amides is 1. The van der Waals surface area contributed by atoms with Crippen molar-refractivity contribution in [1.29, 1.82) is 0 Å². The van der Waals surface area contributed by atoms with Gasteiger partial charge in [0.15, 0.2) is 0 Å². The number of phenolic OH excluding ortho intramolecular Hbond substituents is 1. The SMILES string of the molecule is CC(C)(C)c1ccc(SCC(=O)Nc2ccccc2O)cc1. The summed E-state index contributed by atoms with van der Waals surface area (Å²) >= 11 is 1.48. The van der Waals surface area contributed by atoms with Crippen LogP contribution >= 0.6 is 11.8 Å². The van der Waals surface area contributed by atoms with Crippen molar-refractivity contribution in [2.45, 2.75) is 31.1 Å². The minimum atomic E-state index is -0.133. The first kappa shape index (κ1) is 16.4. The summed E-state index contributed by atoms with van der Waals surface area (Å²) in [6.45, 7) is 6.53. The van der Waals surface area contributed by atoms with E-state index in [0.717, 1.165) is 4.90 Å². The summed E-state index contributed by atoms with van der Waals surface area (Å²) in [4.78, 5) is 13.0. The second kappa shape index (κ2) is 6.88. The Morgan fingerprint density at radius 1 is 1.09 bits per heavy atom. The molecule has 0 saturated heterocycles. The van der Waals surface area contributed by atoms with Gasteiger partial charge in [0.1, 0.15) is 5.75 Å². The number of rotatable bonds is 4. The van der Waals surface area contributed by atoms with Gasteiger partial charge < -0.3 is 10.4 Å². The number of anilines is 1. The van der Waals surface area contributed by atoms with E-state index < -0.39 is 0 Å². The van der Waals surface area contributed by atoms with Gasteiger partial charge in [0.2, 0.25) is 5.91 Å². The first-order chi connectivity index (χ1) is 10.4. The number of nitrogens with one attached hydrogen (secondary N) is 1. The van der Waals surface area contributed by atoms with Gasteiger partial charge in [0.05, 0.1) is 11.4 Å². The molecule has 0 spiro atoms. The summed E-state index contributed by atoms with van der Waals surface area (Å²) in [6, 6.07) is 15.0. The molecule has 0 atom stereocenters. The third-order valence-corrected chi connectivity index (χ3v) is 4.28. The van der Waals surface area contributed by atoms with Crippen LogP contribution in [0.3, 0.4) is 0 Å². The van der Waals surface area contributed by atoms with Gasteiger partial charge in [0, 0.05) is 4.90 Å². The number of carbonyl (C=O) groups excluding carboxylic acids is 1. The summed E-state index contributed by atoms with van der Waals surface area (Å²) in [7, 11) is 0. The van der Waals surface area contributed by atoms with E-state index in [2.05, 4.69) is 38.2 Å². The second-order valence-corrected chi connectivity index (χ2v) is 7.18. The molecule has 2 aromatic rings. The highest BCUT2D eigenvalue weighted by Crippen LogP contribution is 2.26. The molecule has 0 saturated carbocycles. The Morgan fingerprint density at radius 2 is 1.73 bits per heavy atom. The van der Waals surface area contributed by atoms with Crippen molar-refractivity contribution in [3.8, 4) is 5.75 Å². The Hall–Kier alpha value is -1.94. The van der Waals surface area contributed by atoms with Crippen LogP contribution in [0.2, 0.25) is 0 Å². The molecule has 0 aliphatic rings. The molecular weight excluding hydrogens is 294 g/mol. The first-order valence-corrected chi connectivity index (χ1v) is 8.16. The summed E-state index contributed by atoms with van der Waals surface area (Å²) < 4.78 is 0. The van der Waals surface area contributed by atoms with Gasteiger partial charge in [-0.25, -0.2) is 0 Å². The third-order valence-electron chi connectivity index (χ3n) is 3.27. The fourth-order valence-electron chi connectivity index (χ4n) is 1.97.